The zero-order valence-electron chi connectivity index (χ0n) is 2.06. The second-order valence-electron chi connectivity index (χ2n) is 0.0452. The van der Waals surface area contributed by atoms with Crippen LogP contribution in [0.2, 0.25) is 0 Å². The summed E-state index contributed by atoms with van der Waals surface area (Å²) in [5.74, 6) is 0. The molecule has 0 N–H and O–H groups in total. The first-order valence-electron chi connectivity index (χ1n) is 0.475. The number of rotatable bonds is 0. The van der Waals surface area contributed by atoms with Gasteiger partial charge in [-0.15, -0.1) is 0 Å². The van der Waals surface area contributed by atoms with Gasteiger partial charge in [0.05, 0.1) is 0 Å². The van der Waals surface area contributed by atoms with Crippen molar-refractivity contribution in [3.8, 4) is 0 Å². The normalized spacial score (nSPS) is 5.20. The minimum absolute atomic E-state index is 0.472. The number of hydrogen-bond acceptors (Lipinski definition) is 1. The van der Waals surface area contributed by atoms with Crippen molar-refractivity contribution in [1.82, 2.24) is 0 Å². The van der Waals surface area contributed by atoms with Crippen molar-refractivity contribution in [3.05, 3.63) is 0 Å². The molecule has 0 heterocycles. The molecule has 0 saturated heterocycles. The molecule has 0 amide bonds. The first-order valence-corrected chi connectivity index (χ1v) is 6.11. The van der Waals surface area contributed by atoms with Crippen molar-refractivity contribution in [2.75, 3.05) is 0 Å². The Labute approximate surface area is 47.0 Å². The molecule has 0 radical (unpaired) electrons. The van der Waals surface area contributed by atoms with Gasteiger partial charge < -0.3 is 4.79 Å². The van der Waals surface area contributed by atoms with Crippen molar-refractivity contribution < 1.29 is 21.3 Å². The number of halogens is 2. The molecule has 0 aromatic carbocycles. The van der Waals surface area contributed by atoms with E-state index in [1.807, 2.05) is 0 Å². The monoisotopic (exact) mass is 294 g/mol. The molecule has 0 aliphatic carbocycles. The maximum absolute atomic E-state index is 7.75. The molecule has 5 heavy (non-hydrogen) atoms. The van der Waals surface area contributed by atoms with E-state index >= 15 is 0 Å². The molecule has 0 rings (SSSR count). The predicted octanol–water partition coefficient (Wildman–Crippen LogP) is 1.10. The van der Waals surface area contributed by atoms with Crippen LogP contribution in [0.5, 0.6) is 0 Å². The Morgan fingerprint density at radius 2 is 1.40 bits per heavy atom. The van der Waals surface area contributed by atoms with E-state index in [1.165, 1.54) is 0 Å². The van der Waals surface area contributed by atoms with E-state index in [2.05, 4.69) is 6.79 Å². The quantitative estimate of drug-likeness (QED) is 0.483. The van der Waals surface area contributed by atoms with Crippen molar-refractivity contribution in [2.45, 2.75) is 0 Å². The second-order valence-corrected chi connectivity index (χ2v) is 3.33. The third-order valence-corrected chi connectivity index (χ3v) is 0. The van der Waals surface area contributed by atoms with Gasteiger partial charge >= 0.3 is 35.3 Å². The SMILES string of the molecule is [CH-]=O.[Cl][Pt][Cl]. The summed E-state index contributed by atoms with van der Waals surface area (Å²) in [5, 5.41) is 0. The van der Waals surface area contributed by atoms with E-state index in [4.69, 9.17) is 23.6 Å². The van der Waals surface area contributed by atoms with Crippen LogP contribution in [0.1, 0.15) is 0 Å². The van der Waals surface area contributed by atoms with Gasteiger partial charge in [-0.3, -0.25) is 6.79 Å². The summed E-state index contributed by atoms with van der Waals surface area (Å²) in [6.07, 6.45) is 0. The van der Waals surface area contributed by atoms with Crippen LogP contribution >= 0.6 is 18.8 Å². The molecule has 0 unspecified atom stereocenters. The predicted molar refractivity (Wildman–Crippen MR) is 18.5 cm³/mol. The Balaban J connectivity index is 0. The van der Waals surface area contributed by atoms with Gasteiger partial charge in [-0.25, -0.2) is 0 Å². The Kier molecular flexibility index (Phi) is 38.1. The van der Waals surface area contributed by atoms with Crippen molar-refractivity contribution in [3.63, 3.8) is 0 Å². The molecule has 0 fully saturated rings. The molecular weight excluding hydrogens is 294 g/mol. The topological polar surface area (TPSA) is 17.1 Å². The van der Waals surface area contributed by atoms with E-state index < -0.39 is 16.5 Å². The molecule has 0 aliphatic rings. The molecule has 0 bridgehead atoms. The zero-order chi connectivity index (χ0) is 4.71. The van der Waals surface area contributed by atoms with Crippen molar-refractivity contribution in [1.29, 1.82) is 0 Å². The van der Waals surface area contributed by atoms with Crippen LogP contribution in [0.3, 0.4) is 0 Å². The van der Waals surface area contributed by atoms with Crippen molar-refractivity contribution in [2.24, 2.45) is 0 Å². The first kappa shape index (κ1) is 9.34. The molecule has 0 aromatic heterocycles. The molecule has 36 valence electrons. The van der Waals surface area contributed by atoms with Crippen LogP contribution < -0.4 is 0 Å². The second kappa shape index (κ2) is 20.4. The van der Waals surface area contributed by atoms with Crippen LogP contribution in [-0.4, -0.2) is 6.79 Å². The summed E-state index contributed by atoms with van der Waals surface area (Å²) in [6, 6.07) is 0. The van der Waals surface area contributed by atoms with Crippen LogP contribution in [0.4, 0.5) is 0 Å². The summed E-state index contributed by atoms with van der Waals surface area (Å²) in [4.78, 5) is 7.75. The van der Waals surface area contributed by atoms with Gasteiger partial charge in [-0.05, 0) is 0 Å². The molecule has 0 spiro atoms. The minimum atomic E-state index is -0.472. The van der Waals surface area contributed by atoms with E-state index in [1.54, 1.807) is 0 Å². The van der Waals surface area contributed by atoms with Gasteiger partial charge in [0.2, 0.25) is 0 Å². The summed E-state index contributed by atoms with van der Waals surface area (Å²) in [7, 11) is 9.75. The van der Waals surface area contributed by atoms with E-state index in [0.29, 0.717) is 0 Å². The molecular formula is CHCl2OPt-. The average Bonchev–Trinajstić information content (AvgIpc) is 1.46. The summed E-state index contributed by atoms with van der Waals surface area (Å²) >= 11 is -0.472. The molecule has 1 nitrogen and oxygen atoms in total. The third kappa shape index (κ3) is 48.4. The number of hydrogen-bond donors (Lipinski definition) is 0. The molecule has 0 saturated carbocycles. The fraction of sp³-hybridized carbons (Fsp3) is 0. The number of carbonyl (C=O) groups excluding carboxylic acids is 1. The van der Waals surface area contributed by atoms with Gasteiger partial charge in [0, 0.05) is 0 Å². The van der Waals surface area contributed by atoms with Gasteiger partial charge in [-0.1, -0.05) is 0 Å². The van der Waals surface area contributed by atoms with Crippen LogP contribution in [0.15, 0.2) is 0 Å². The fourth-order valence-electron chi connectivity index (χ4n) is 0. The summed E-state index contributed by atoms with van der Waals surface area (Å²) in [6.45, 7) is 3.25. The Hall–Kier alpha value is 0.938. The first-order chi connectivity index (χ1) is 2.41. The standard InChI is InChI=1S/CHO.2ClH.Pt/c1-2;;;/h1H;2*1H;/q-1;;;+2/p-2. The van der Waals surface area contributed by atoms with E-state index in [-0.39, 0.29) is 0 Å². The summed E-state index contributed by atoms with van der Waals surface area (Å²) in [5.41, 5.74) is 0. The van der Waals surface area contributed by atoms with Crippen LogP contribution in [0.25, 0.3) is 0 Å². The van der Waals surface area contributed by atoms with Crippen LogP contribution in [-0.2, 0) is 21.3 Å². The van der Waals surface area contributed by atoms with E-state index in [0.717, 1.165) is 0 Å². The Morgan fingerprint density at radius 1 is 1.40 bits per heavy atom. The maximum atomic E-state index is 7.75. The van der Waals surface area contributed by atoms with Crippen LogP contribution in [0, 0.1) is 0 Å². The van der Waals surface area contributed by atoms with Gasteiger partial charge in [0.15, 0.2) is 0 Å². The molecule has 0 aromatic rings. The van der Waals surface area contributed by atoms with Gasteiger partial charge in [0.25, 0.3) is 0 Å². The Morgan fingerprint density at radius 3 is 1.40 bits per heavy atom. The molecule has 0 atom stereocenters. The third-order valence-electron chi connectivity index (χ3n) is 0. The van der Waals surface area contributed by atoms with E-state index in [9.17, 15) is 0 Å². The molecule has 0 aliphatic heterocycles. The molecule has 4 heteroatoms. The van der Waals surface area contributed by atoms with Gasteiger partial charge in [-0.2, -0.15) is 0 Å². The van der Waals surface area contributed by atoms with Crippen molar-refractivity contribution >= 4 is 25.6 Å². The summed E-state index contributed by atoms with van der Waals surface area (Å²) < 4.78 is 0. The zero-order valence-corrected chi connectivity index (χ0v) is 5.84. The average molecular weight is 295 g/mol. The van der Waals surface area contributed by atoms with Gasteiger partial charge in [0.1, 0.15) is 0 Å². The fourth-order valence-corrected chi connectivity index (χ4v) is 0. The Bertz CT molecular complexity index is 13.6.